The predicted molar refractivity (Wildman–Crippen MR) is 120 cm³/mol. The fourth-order valence-electron chi connectivity index (χ4n) is 2.87. The number of nitrogens with zero attached hydrogens (tertiary/aromatic N) is 2. The average Bonchev–Trinajstić information content (AvgIpc) is 2.99. The lowest BCUT2D eigenvalue weighted by Crippen LogP contribution is -2.44. The molecule has 0 saturated heterocycles. The van der Waals surface area contributed by atoms with Gasteiger partial charge in [-0.15, -0.1) is 0 Å². The Morgan fingerprint density at radius 2 is 1.97 bits per heavy atom. The van der Waals surface area contributed by atoms with E-state index in [0.29, 0.717) is 39.2 Å². The number of aromatic nitrogens is 2. The number of aryl methyl sites for hydroxylation is 1. The summed E-state index contributed by atoms with van der Waals surface area (Å²) in [5.41, 5.74) is 1.84. The Morgan fingerprint density at radius 1 is 1.21 bits per heavy atom. The Hall–Kier alpha value is -2.22. The highest BCUT2D eigenvalue weighted by atomic mass is 35.5. The van der Waals surface area contributed by atoms with Crippen molar-refractivity contribution in [1.82, 2.24) is 14.9 Å². The van der Waals surface area contributed by atoms with Crippen molar-refractivity contribution in [3.63, 3.8) is 0 Å². The van der Waals surface area contributed by atoms with Crippen LogP contribution in [0.5, 0.6) is 0 Å². The number of imidazole rings is 1. The van der Waals surface area contributed by atoms with Gasteiger partial charge in [-0.05, 0) is 48.8 Å². The maximum atomic E-state index is 12.9. The van der Waals surface area contributed by atoms with Crippen molar-refractivity contribution in [2.45, 2.75) is 12.5 Å². The molecule has 0 aliphatic heterocycles. The largest absolute Gasteiger partial charge is 0.340 e. The minimum Gasteiger partial charge on any atom is -0.340 e. The minimum atomic E-state index is -0.727. The molecule has 3 rings (SSSR count). The summed E-state index contributed by atoms with van der Waals surface area (Å²) < 4.78 is 1.77. The van der Waals surface area contributed by atoms with E-state index in [1.54, 1.807) is 59.8 Å². The number of benzene rings is 2. The second-order valence-electron chi connectivity index (χ2n) is 6.40. The Balaban J connectivity index is 1.80. The Morgan fingerprint density at radius 3 is 2.69 bits per heavy atom. The lowest BCUT2D eigenvalue weighted by molar-refractivity contribution is -0.118. The van der Waals surface area contributed by atoms with Crippen LogP contribution in [0.3, 0.4) is 0 Å². The van der Waals surface area contributed by atoms with Crippen LogP contribution in [-0.2, 0) is 11.8 Å². The Labute approximate surface area is 183 Å². The van der Waals surface area contributed by atoms with E-state index in [9.17, 15) is 9.59 Å². The van der Waals surface area contributed by atoms with E-state index in [1.165, 1.54) is 0 Å². The molecule has 1 heterocycles. The zero-order chi connectivity index (χ0) is 21.0. The molecule has 9 heteroatoms. The van der Waals surface area contributed by atoms with Crippen molar-refractivity contribution < 1.29 is 9.59 Å². The lowest BCUT2D eigenvalue weighted by Gasteiger charge is -2.18. The lowest BCUT2D eigenvalue weighted by atomic mass is 10.1. The third-order valence-electron chi connectivity index (χ3n) is 4.43. The van der Waals surface area contributed by atoms with Crippen LogP contribution in [0.2, 0.25) is 10.0 Å². The summed E-state index contributed by atoms with van der Waals surface area (Å²) in [6.07, 6.45) is 2.42. The number of rotatable bonds is 7. The van der Waals surface area contributed by atoms with Gasteiger partial charge in [-0.3, -0.25) is 14.9 Å². The molecule has 2 aromatic carbocycles. The molecule has 29 heavy (non-hydrogen) atoms. The number of nitrogens with one attached hydrogen (secondary N) is 2. The molecule has 0 spiro atoms. The molecular formula is C20H20Cl2N4O2S. The molecule has 1 atom stereocenters. The summed E-state index contributed by atoms with van der Waals surface area (Å²) >= 11 is 13.7. The van der Waals surface area contributed by atoms with Gasteiger partial charge in [0.15, 0.2) is 0 Å². The summed E-state index contributed by atoms with van der Waals surface area (Å²) in [7, 11) is 1.80. The Bertz CT molecular complexity index is 1050. The number of anilines is 1. The molecule has 0 fully saturated rings. The van der Waals surface area contributed by atoms with Crippen LogP contribution in [-0.4, -0.2) is 39.4 Å². The van der Waals surface area contributed by atoms with Gasteiger partial charge >= 0.3 is 0 Å². The van der Waals surface area contributed by atoms with Gasteiger partial charge in [-0.2, -0.15) is 11.8 Å². The first-order valence-corrected chi connectivity index (χ1v) is 11.0. The van der Waals surface area contributed by atoms with E-state index >= 15 is 0 Å². The molecule has 152 valence electrons. The standard InChI is InChI=1S/C20H20Cl2N4O2S/c1-26-17-8-7-12(21)11-16(17)24-20(26)25-19(28)15(9-10-29-2)23-18(27)13-5-3-4-6-14(13)22/h3-8,11,15H,9-10H2,1-2H3,(H,23,27)(H,24,25,28). The zero-order valence-corrected chi connectivity index (χ0v) is 18.2. The number of thioether (sulfide) groups is 1. The van der Waals surface area contributed by atoms with Crippen LogP contribution in [0, 0.1) is 0 Å². The van der Waals surface area contributed by atoms with E-state index in [4.69, 9.17) is 23.2 Å². The van der Waals surface area contributed by atoms with E-state index < -0.39 is 11.9 Å². The number of fused-ring (bicyclic) bond motifs is 1. The third-order valence-corrected chi connectivity index (χ3v) is 5.64. The molecule has 1 unspecified atom stereocenters. The van der Waals surface area contributed by atoms with E-state index in [2.05, 4.69) is 15.6 Å². The summed E-state index contributed by atoms with van der Waals surface area (Å²) in [4.78, 5) is 30.0. The van der Waals surface area contributed by atoms with Gasteiger partial charge < -0.3 is 9.88 Å². The van der Waals surface area contributed by atoms with Crippen LogP contribution in [0.4, 0.5) is 5.95 Å². The van der Waals surface area contributed by atoms with E-state index in [0.717, 1.165) is 5.52 Å². The molecule has 0 saturated carbocycles. The van der Waals surface area contributed by atoms with Crippen molar-refractivity contribution in [1.29, 1.82) is 0 Å². The molecule has 0 aliphatic rings. The second kappa shape index (κ2) is 9.52. The minimum absolute atomic E-state index is 0.327. The highest BCUT2D eigenvalue weighted by molar-refractivity contribution is 7.98. The fraction of sp³-hybridized carbons (Fsp3) is 0.250. The molecule has 0 bridgehead atoms. The Kier molecular flexibility index (Phi) is 7.05. The molecule has 3 aromatic rings. The number of hydrogen-bond donors (Lipinski definition) is 2. The molecule has 2 N–H and O–H groups in total. The third kappa shape index (κ3) is 5.04. The normalized spacial score (nSPS) is 12.0. The van der Waals surface area contributed by atoms with Gasteiger partial charge in [-0.1, -0.05) is 35.3 Å². The number of hydrogen-bond acceptors (Lipinski definition) is 4. The van der Waals surface area contributed by atoms with Crippen molar-refractivity contribution in [3.8, 4) is 0 Å². The molecule has 0 aliphatic carbocycles. The first-order valence-electron chi connectivity index (χ1n) is 8.88. The molecule has 2 amide bonds. The van der Waals surface area contributed by atoms with Crippen LogP contribution >= 0.6 is 35.0 Å². The van der Waals surface area contributed by atoms with Crippen molar-refractivity contribution in [2.75, 3.05) is 17.3 Å². The van der Waals surface area contributed by atoms with Gasteiger partial charge in [0, 0.05) is 12.1 Å². The predicted octanol–water partition coefficient (Wildman–Crippen LogP) is 4.37. The summed E-state index contributed by atoms with van der Waals surface area (Å²) in [5.74, 6) is 0.352. The zero-order valence-electron chi connectivity index (χ0n) is 15.9. The molecule has 6 nitrogen and oxygen atoms in total. The number of carbonyl (C=O) groups excluding carboxylic acids is 2. The quantitative estimate of drug-likeness (QED) is 0.560. The van der Waals surface area contributed by atoms with Crippen LogP contribution in [0.1, 0.15) is 16.8 Å². The highest BCUT2D eigenvalue weighted by Gasteiger charge is 2.23. The summed E-state index contributed by atoms with van der Waals surface area (Å²) in [5, 5.41) is 6.50. The van der Waals surface area contributed by atoms with Crippen molar-refractivity contribution in [2.24, 2.45) is 7.05 Å². The maximum Gasteiger partial charge on any atom is 0.253 e. The first kappa shape index (κ1) is 21.5. The number of amides is 2. The SMILES string of the molecule is CSCCC(NC(=O)c1ccccc1Cl)C(=O)Nc1nc2cc(Cl)ccc2n1C. The number of carbonyl (C=O) groups is 2. The van der Waals surface area contributed by atoms with Gasteiger partial charge in [0.25, 0.3) is 5.91 Å². The summed E-state index contributed by atoms with van der Waals surface area (Å²) in [6.45, 7) is 0. The van der Waals surface area contributed by atoms with Gasteiger partial charge in [0.2, 0.25) is 11.9 Å². The fourth-order valence-corrected chi connectivity index (χ4v) is 3.73. The van der Waals surface area contributed by atoms with Gasteiger partial charge in [0.05, 0.1) is 21.6 Å². The highest BCUT2D eigenvalue weighted by Crippen LogP contribution is 2.22. The van der Waals surface area contributed by atoms with E-state index in [-0.39, 0.29) is 5.91 Å². The summed E-state index contributed by atoms with van der Waals surface area (Å²) in [6, 6.07) is 11.3. The average molecular weight is 451 g/mol. The second-order valence-corrected chi connectivity index (χ2v) is 8.23. The smallest absolute Gasteiger partial charge is 0.253 e. The molecular weight excluding hydrogens is 431 g/mol. The maximum absolute atomic E-state index is 12.9. The van der Waals surface area contributed by atoms with E-state index in [1.807, 2.05) is 12.3 Å². The first-order chi connectivity index (χ1) is 13.9. The van der Waals surface area contributed by atoms with Crippen LogP contribution in [0.15, 0.2) is 42.5 Å². The van der Waals surface area contributed by atoms with Crippen LogP contribution in [0.25, 0.3) is 11.0 Å². The monoisotopic (exact) mass is 450 g/mol. The van der Waals surface area contributed by atoms with Crippen molar-refractivity contribution in [3.05, 3.63) is 58.1 Å². The molecule has 1 aromatic heterocycles. The number of halogens is 2. The topological polar surface area (TPSA) is 76.0 Å². The van der Waals surface area contributed by atoms with Gasteiger partial charge in [0.1, 0.15) is 6.04 Å². The van der Waals surface area contributed by atoms with Crippen molar-refractivity contribution >= 4 is 63.8 Å². The van der Waals surface area contributed by atoms with Gasteiger partial charge in [-0.25, -0.2) is 4.98 Å². The van der Waals surface area contributed by atoms with Crippen LogP contribution < -0.4 is 10.6 Å². The molecule has 0 radical (unpaired) electrons.